The molecule has 0 aliphatic heterocycles. The first kappa shape index (κ1) is 17.0. The van der Waals surface area contributed by atoms with Crippen LogP contribution in [0.25, 0.3) is 0 Å². The summed E-state index contributed by atoms with van der Waals surface area (Å²) in [6.07, 6.45) is 8.55. The normalized spacial score (nSPS) is 14.3. The molecule has 1 fully saturated rings. The van der Waals surface area contributed by atoms with Gasteiger partial charge in [0.1, 0.15) is 5.75 Å². The third-order valence-corrected chi connectivity index (χ3v) is 3.14. The van der Waals surface area contributed by atoms with E-state index < -0.39 is 0 Å². The van der Waals surface area contributed by atoms with Gasteiger partial charge in [0, 0.05) is 5.57 Å². The molecule has 0 unspecified atom stereocenters. The molecule has 21 heavy (non-hydrogen) atoms. The molecule has 1 aromatic rings. The lowest BCUT2D eigenvalue weighted by Gasteiger charge is -2.20. The number of carbonyl (C=O) groups excluding carboxylic acids is 1. The molecule has 3 heteroatoms. The predicted molar refractivity (Wildman–Crippen MR) is 85.0 cm³/mol. The van der Waals surface area contributed by atoms with E-state index in [2.05, 4.69) is 13.2 Å². The molecule has 0 spiro atoms. The molecule has 1 aromatic carbocycles. The summed E-state index contributed by atoms with van der Waals surface area (Å²) in [6, 6.07) is 8.92. The van der Waals surface area contributed by atoms with Crippen molar-refractivity contribution in [1.82, 2.24) is 0 Å². The second-order valence-electron chi connectivity index (χ2n) is 5.05. The largest absolute Gasteiger partial charge is 0.499 e. The topological polar surface area (TPSA) is 35.5 Å². The maximum atomic E-state index is 11.0. The smallest absolute Gasteiger partial charge is 0.338 e. The zero-order chi connectivity index (χ0) is 15.5. The average Bonchev–Trinajstić information content (AvgIpc) is 2.50. The van der Waals surface area contributed by atoms with Gasteiger partial charge in [-0.25, -0.2) is 4.79 Å². The minimum Gasteiger partial charge on any atom is -0.499 e. The quantitative estimate of drug-likeness (QED) is 0.350. The Balaban J connectivity index is 0.000000219. The number of para-hydroxylation sites is 1. The van der Waals surface area contributed by atoms with Crippen molar-refractivity contribution in [3.8, 4) is 5.75 Å². The highest BCUT2D eigenvalue weighted by Gasteiger charge is 2.11. The van der Waals surface area contributed by atoms with Crippen molar-refractivity contribution >= 4 is 5.97 Å². The fourth-order valence-electron chi connectivity index (χ4n) is 2.02. The molecule has 0 aromatic heterocycles. The number of rotatable bonds is 4. The molecule has 1 aliphatic carbocycles. The van der Waals surface area contributed by atoms with E-state index in [4.69, 9.17) is 9.47 Å². The van der Waals surface area contributed by atoms with E-state index in [-0.39, 0.29) is 5.97 Å². The lowest BCUT2D eigenvalue weighted by atomic mass is 9.98. The number of hydrogen-bond donors (Lipinski definition) is 0. The molecule has 1 saturated carbocycles. The van der Waals surface area contributed by atoms with Crippen molar-refractivity contribution in [3.05, 3.63) is 55.3 Å². The molecule has 0 atom stereocenters. The van der Waals surface area contributed by atoms with Crippen LogP contribution in [0.1, 0.15) is 39.0 Å². The maximum absolute atomic E-state index is 11.0. The van der Waals surface area contributed by atoms with Gasteiger partial charge in [0.15, 0.2) is 0 Å². The van der Waals surface area contributed by atoms with Crippen molar-refractivity contribution in [2.75, 3.05) is 0 Å². The summed E-state index contributed by atoms with van der Waals surface area (Å²) in [5.41, 5.74) is 0.402. The molecule has 114 valence electrons. The highest BCUT2D eigenvalue weighted by atomic mass is 16.5. The average molecular weight is 288 g/mol. The Morgan fingerprint density at radius 2 is 1.81 bits per heavy atom. The Morgan fingerprint density at radius 1 is 1.19 bits per heavy atom. The van der Waals surface area contributed by atoms with Crippen LogP contribution >= 0.6 is 0 Å². The Kier molecular flexibility index (Phi) is 7.95. The molecular weight excluding hydrogens is 264 g/mol. The van der Waals surface area contributed by atoms with Crippen LogP contribution < -0.4 is 4.74 Å². The zero-order valence-electron chi connectivity index (χ0n) is 12.7. The number of ether oxygens (including phenoxy) is 2. The monoisotopic (exact) mass is 288 g/mol. The molecule has 0 saturated heterocycles. The molecule has 1 aliphatic rings. The van der Waals surface area contributed by atoms with Crippen molar-refractivity contribution in [2.24, 2.45) is 0 Å². The van der Waals surface area contributed by atoms with Crippen LogP contribution in [0, 0.1) is 0 Å². The molecule has 3 nitrogen and oxygen atoms in total. The summed E-state index contributed by atoms with van der Waals surface area (Å²) in [5.74, 6) is 0.159. The second-order valence-corrected chi connectivity index (χ2v) is 5.05. The second kappa shape index (κ2) is 9.81. The predicted octanol–water partition coefficient (Wildman–Crippen LogP) is 4.65. The first-order valence-corrected chi connectivity index (χ1v) is 7.32. The van der Waals surface area contributed by atoms with Crippen LogP contribution in [0.3, 0.4) is 0 Å². The summed E-state index contributed by atoms with van der Waals surface area (Å²) in [4.78, 5) is 11.0. The fourth-order valence-corrected chi connectivity index (χ4v) is 2.02. The molecule has 0 heterocycles. The number of esters is 1. The minimum atomic E-state index is -0.388. The molecule has 0 amide bonds. The van der Waals surface area contributed by atoms with Gasteiger partial charge in [0.2, 0.25) is 0 Å². The van der Waals surface area contributed by atoms with Gasteiger partial charge in [-0.3, -0.25) is 0 Å². The molecule has 0 N–H and O–H groups in total. The first-order valence-electron chi connectivity index (χ1n) is 7.32. The van der Waals surface area contributed by atoms with Crippen molar-refractivity contribution < 1.29 is 14.3 Å². The van der Waals surface area contributed by atoms with Crippen LogP contribution in [0.4, 0.5) is 0 Å². The summed E-state index contributed by atoms with van der Waals surface area (Å²) in [6.45, 7) is 8.63. The van der Waals surface area contributed by atoms with Crippen molar-refractivity contribution in [2.45, 2.75) is 45.1 Å². The van der Waals surface area contributed by atoms with E-state index in [1.54, 1.807) is 37.5 Å². The van der Waals surface area contributed by atoms with E-state index in [9.17, 15) is 4.79 Å². The number of hydrogen-bond acceptors (Lipinski definition) is 3. The van der Waals surface area contributed by atoms with Gasteiger partial charge in [-0.2, -0.15) is 0 Å². The van der Waals surface area contributed by atoms with Crippen LogP contribution in [-0.2, 0) is 9.53 Å². The van der Waals surface area contributed by atoms with Gasteiger partial charge >= 0.3 is 5.97 Å². The molecule has 0 radical (unpaired) electrons. The van der Waals surface area contributed by atoms with Crippen LogP contribution in [0.5, 0.6) is 5.75 Å². The van der Waals surface area contributed by atoms with E-state index >= 15 is 0 Å². The standard InChI is InChI=1S/C10H10O2.C8H14O/c1-8(2)10(11)12-9-6-4-3-5-7-9;1-2-9-8-6-4-3-5-7-8/h3-7H,1H2,2H3;2,8H,1,3-7H2. The number of carbonyl (C=O) groups is 1. The Labute approximate surface area is 127 Å². The summed E-state index contributed by atoms with van der Waals surface area (Å²) >= 11 is 0. The fraction of sp³-hybridized carbons (Fsp3) is 0.389. The van der Waals surface area contributed by atoms with Gasteiger partial charge in [0.25, 0.3) is 0 Å². The van der Waals surface area contributed by atoms with Crippen LogP contribution in [0.2, 0.25) is 0 Å². The van der Waals surface area contributed by atoms with E-state index in [1.807, 2.05) is 6.07 Å². The zero-order valence-corrected chi connectivity index (χ0v) is 12.7. The lowest BCUT2D eigenvalue weighted by Crippen LogP contribution is -2.13. The first-order chi connectivity index (χ1) is 10.1. The Bertz CT molecular complexity index is 445. The summed E-state index contributed by atoms with van der Waals surface area (Å²) in [7, 11) is 0. The van der Waals surface area contributed by atoms with E-state index in [0.717, 1.165) is 0 Å². The Hall–Kier alpha value is -2.03. The molecular formula is C18H24O3. The molecule has 2 rings (SSSR count). The highest BCUT2D eigenvalue weighted by molar-refractivity contribution is 5.88. The highest BCUT2D eigenvalue weighted by Crippen LogP contribution is 2.19. The minimum absolute atomic E-state index is 0.388. The third kappa shape index (κ3) is 7.35. The van der Waals surface area contributed by atoms with Crippen molar-refractivity contribution in [3.63, 3.8) is 0 Å². The van der Waals surface area contributed by atoms with Gasteiger partial charge in [0.05, 0.1) is 12.4 Å². The van der Waals surface area contributed by atoms with Gasteiger partial charge in [-0.15, -0.1) is 0 Å². The number of benzene rings is 1. The van der Waals surface area contributed by atoms with E-state index in [1.165, 1.54) is 32.1 Å². The summed E-state index contributed by atoms with van der Waals surface area (Å²) in [5, 5.41) is 0. The van der Waals surface area contributed by atoms with Crippen LogP contribution in [-0.4, -0.2) is 12.1 Å². The van der Waals surface area contributed by atoms with Gasteiger partial charge < -0.3 is 9.47 Å². The third-order valence-electron chi connectivity index (χ3n) is 3.14. The van der Waals surface area contributed by atoms with Crippen molar-refractivity contribution in [1.29, 1.82) is 0 Å². The SMILES string of the molecule is C=C(C)C(=O)Oc1ccccc1.C=COC1CCCCC1. The lowest BCUT2D eigenvalue weighted by molar-refractivity contribution is -0.130. The maximum Gasteiger partial charge on any atom is 0.338 e. The van der Waals surface area contributed by atoms with E-state index in [0.29, 0.717) is 17.4 Å². The summed E-state index contributed by atoms with van der Waals surface area (Å²) < 4.78 is 10.2. The van der Waals surface area contributed by atoms with Gasteiger partial charge in [-0.1, -0.05) is 37.8 Å². The van der Waals surface area contributed by atoms with Crippen LogP contribution in [0.15, 0.2) is 55.3 Å². The molecule has 0 bridgehead atoms. The van der Waals surface area contributed by atoms with Gasteiger partial charge in [-0.05, 0) is 44.7 Å². The Morgan fingerprint density at radius 3 is 2.33 bits per heavy atom.